The Morgan fingerprint density at radius 2 is 1.95 bits per heavy atom. The first-order valence-corrected chi connectivity index (χ1v) is 9.16. The minimum absolute atomic E-state index is 0.0327. The number of benzene rings is 1. The van der Waals surface area contributed by atoms with Crippen LogP contribution in [0.25, 0.3) is 0 Å². The Labute approximate surface area is 136 Å². The lowest BCUT2D eigenvalue weighted by Crippen LogP contribution is -2.39. The molecule has 0 aromatic heterocycles. The molecule has 1 amide bonds. The third-order valence-electron chi connectivity index (χ3n) is 3.11. The Kier molecular flexibility index (Phi) is 7.32. The molecule has 1 atom stereocenters. The van der Waals surface area contributed by atoms with Gasteiger partial charge in [0.1, 0.15) is 0 Å². The van der Waals surface area contributed by atoms with E-state index < -0.39 is 15.7 Å². The minimum atomic E-state index is -3.61. The molecule has 0 radical (unpaired) electrons. The third kappa shape index (κ3) is 5.94. The van der Waals surface area contributed by atoms with Gasteiger partial charge < -0.3 is 10.4 Å². The number of aliphatic hydroxyl groups excluding tert-OH is 1. The molecule has 7 heteroatoms. The number of carbonyl (C=O) groups excluding carboxylic acids is 1. The lowest BCUT2D eigenvalue weighted by Gasteiger charge is -2.18. The Balaban J connectivity index is 2.61. The molecule has 0 spiro atoms. The monoisotopic (exact) mass is 347 g/mol. The molecular weight excluding hydrogens is 326 g/mol. The van der Waals surface area contributed by atoms with Crippen molar-refractivity contribution < 1.29 is 18.3 Å². The van der Waals surface area contributed by atoms with Crippen LogP contribution in [0, 0.1) is 5.92 Å². The van der Waals surface area contributed by atoms with E-state index >= 15 is 0 Å². The van der Waals surface area contributed by atoms with E-state index in [0.29, 0.717) is 12.3 Å². The van der Waals surface area contributed by atoms with Gasteiger partial charge in [-0.3, -0.25) is 4.79 Å². The highest BCUT2D eigenvalue weighted by atomic mass is 35.5. The summed E-state index contributed by atoms with van der Waals surface area (Å²) in [4.78, 5) is 11.9. The number of nitrogens with one attached hydrogen (secondary N) is 1. The summed E-state index contributed by atoms with van der Waals surface area (Å²) in [5.41, 5.74) is 0. The quantitative estimate of drug-likeness (QED) is 0.753. The molecule has 1 rings (SSSR count). The van der Waals surface area contributed by atoms with E-state index in [1.807, 2.05) is 13.8 Å². The van der Waals surface area contributed by atoms with Crippen LogP contribution in [0.2, 0.25) is 5.02 Å². The largest absolute Gasteiger partial charge is 0.394 e. The van der Waals surface area contributed by atoms with Crippen molar-refractivity contribution in [1.82, 2.24) is 5.32 Å². The summed E-state index contributed by atoms with van der Waals surface area (Å²) in [5.74, 6) is -0.387. The lowest BCUT2D eigenvalue weighted by atomic mass is 10.0. The first kappa shape index (κ1) is 18.9. The van der Waals surface area contributed by atoms with Crippen LogP contribution in [0.4, 0.5) is 0 Å². The van der Waals surface area contributed by atoms with Gasteiger partial charge in [-0.2, -0.15) is 0 Å². The van der Waals surface area contributed by atoms with Crippen molar-refractivity contribution in [2.75, 3.05) is 12.4 Å². The Hall–Kier alpha value is -1.11. The predicted octanol–water partition coefficient (Wildman–Crippen LogP) is 2.03. The molecular formula is C15H22ClNO4S. The molecule has 0 aliphatic heterocycles. The van der Waals surface area contributed by atoms with Gasteiger partial charge in [0.15, 0.2) is 9.84 Å². The molecule has 1 aromatic carbocycles. The zero-order valence-corrected chi connectivity index (χ0v) is 14.3. The van der Waals surface area contributed by atoms with Crippen LogP contribution < -0.4 is 5.32 Å². The molecule has 0 saturated carbocycles. The molecule has 124 valence electrons. The highest BCUT2D eigenvalue weighted by molar-refractivity contribution is 7.91. The van der Waals surface area contributed by atoms with E-state index in [4.69, 9.17) is 11.6 Å². The fourth-order valence-electron chi connectivity index (χ4n) is 2.08. The standard InChI is InChI=1S/C15H22ClNO4S/c1-11(2)9-12(10-18)17-15(19)7-8-22(20,21)14-6-4-3-5-13(14)16/h3-6,11-12,18H,7-10H2,1-2H3,(H,17,19). The van der Waals surface area contributed by atoms with Gasteiger partial charge in [-0.15, -0.1) is 0 Å². The molecule has 0 heterocycles. The van der Waals surface area contributed by atoms with Crippen LogP contribution in [-0.2, 0) is 14.6 Å². The second kappa shape index (κ2) is 8.50. The second-order valence-corrected chi connectivity index (χ2v) is 8.06. The van der Waals surface area contributed by atoms with Crippen molar-refractivity contribution in [2.45, 2.75) is 37.6 Å². The fourth-order valence-corrected chi connectivity index (χ4v) is 3.90. The van der Waals surface area contributed by atoms with Gasteiger partial charge in [0.2, 0.25) is 5.91 Å². The van der Waals surface area contributed by atoms with Crippen molar-refractivity contribution in [1.29, 1.82) is 0 Å². The van der Waals surface area contributed by atoms with E-state index in [9.17, 15) is 18.3 Å². The molecule has 22 heavy (non-hydrogen) atoms. The van der Waals surface area contributed by atoms with Crippen molar-refractivity contribution in [3.8, 4) is 0 Å². The van der Waals surface area contributed by atoms with Crippen LogP contribution in [-0.4, -0.2) is 37.8 Å². The Morgan fingerprint density at radius 3 is 2.50 bits per heavy atom. The average Bonchev–Trinajstić information content (AvgIpc) is 2.44. The van der Waals surface area contributed by atoms with Gasteiger partial charge in [0.05, 0.1) is 28.3 Å². The van der Waals surface area contributed by atoms with Crippen LogP contribution >= 0.6 is 11.6 Å². The average molecular weight is 348 g/mol. The molecule has 5 nitrogen and oxygen atoms in total. The topological polar surface area (TPSA) is 83.5 Å². The molecule has 2 N–H and O–H groups in total. The summed E-state index contributed by atoms with van der Waals surface area (Å²) in [6.45, 7) is 3.80. The summed E-state index contributed by atoms with van der Waals surface area (Å²) in [7, 11) is -3.61. The predicted molar refractivity (Wildman–Crippen MR) is 86.6 cm³/mol. The summed E-state index contributed by atoms with van der Waals surface area (Å²) < 4.78 is 24.4. The van der Waals surface area contributed by atoms with Gasteiger partial charge in [0, 0.05) is 6.42 Å². The van der Waals surface area contributed by atoms with Crippen LogP contribution in [0.5, 0.6) is 0 Å². The highest BCUT2D eigenvalue weighted by Crippen LogP contribution is 2.22. The Morgan fingerprint density at radius 1 is 1.32 bits per heavy atom. The number of halogens is 1. The zero-order valence-electron chi connectivity index (χ0n) is 12.8. The maximum absolute atomic E-state index is 12.2. The first-order valence-electron chi connectivity index (χ1n) is 7.13. The van der Waals surface area contributed by atoms with Crippen molar-refractivity contribution in [2.24, 2.45) is 5.92 Å². The maximum Gasteiger partial charge on any atom is 0.221 e. The SMILES string of the molecule is CC(C)CC(CO)NC(=O)CCS(=O)(=O)c1ccccc1Cl. The summed E-state index contributed by atoms with van der Waals surface area (Å²) in [6.07, 6.45) is 0.474. The molecule has 1 aromatic rings. The van der Waals surface area contributed by atoms with Crippen molar-refractivity contribution >= 4 is 27.3 Å². The van der Waals surface area contributed by atoms with Crippen molar-refractivity contribution in [3.05, 3.63) is 29.3 Å². The molecule has 1 unspecified atom stereocenters. The normalized spacial score (nSPS) is 13.1. The van der Waals surface area contributed by atoms with Gasteiger partial charge in [-0.25, -0.2) is 8.42 Å². The van der Waals surface area contributed by atoms with Crippen LogP contribution in [0.1, 0.15) is 26.7 Å². The molecule has 0 aliphatic carbocycles. The number of amides is 1. The fraction of sp³-hybridized carbons (Fsp3) is 0.533. The van der Waals surface area contributed by atoms with E-state index in [1.165, 1.54) is 12.1 Å². The van der Waals surface area contributed by atoms with E-state index in [2.05, 4.69) is 5.32 Å². The Bertz CT molecular complexity index is 601. The molecule has 0 aliphatic rings. The number of rotatable bonds is 8. The number of aliphatic hydroxyl groups is 1. The van der Waals surface area contributed by atoms with Gasteiger partial charge in [-0.05, 0) is 24.5 Å². The second-order valence-electron chi connectivity index (χ2n) is 5.58. The summed E-state index contributed by atoms with van der Waals surface area (Å²) in [6, 6.07) is 5.80. The van der Waals surface area contributed by atoms with Crippen LogP contribution in [0.15, 0.2) is 29.2 Å². The third-order valence-corrected chi connectivity index (χ3v) is 5.32. The van der Waals surface area contributed by atoms with Gasteiger partial charge >= 0.3 is 0 Å². The highest BCUT2D eigenvalue weighted by Gasteiger charge is 2.20. The summed E-state index contributed by atoms with van der Waals surface area (Å²) in [5, 5.41) is 12.0. The van der Waals surface area contributed by atoms with E-state index in [-0.39, 0.29) is 34.7 Å². The lowest BCUT2D eigenvalue weighted by molar-refractivity contribution is -0.121. The first-order chi connectivity index (χ1) is 10.3. The molecule has 0 fully saturated rings. The van der Waals surface area contributed by atoms with E-state index in [1.54, 1.807) is 12.1 Å². The van der Waals surface area contributed by atoms with Gasteiger partial charge in [0.25, 0.3) is 0 Å². The number of hydrogen-bond acceptors (Lipinski definition) is 4. The minimum Gasteiger partial charge on any atom is -0.394 e. The number of carbonyl (C=O) groups is 1. The van der Waals surface area contributed by atoms with Crippen molar-refractivity contribution in [3.63, 3.8) is 0 Å². The molecule has 0 bridgehead atoms. The maximum atomic E-state index is 12.2. The van der Waals surface area contributed by atoms with Crippen LogP contribution in [0.3, 0.4) is 0 Å². The molecule has 0 saturated heterocycles. The van der Waals surface area contributed by atoms with E-state index in [0.717, 1.165) is 0 Å². The smallest absolute Gasteiger partial charge is 0.221 e. The number of hydrogen-bond donors (Lipinski definition) is 2. The zero-order chi connectivity index (χ0) is 16.8. The summed E-state index contributed by atoms with van der Waals surface area (Å²) >= 11 is 5.88. The van der Waals surface area contributed by atoms with Gasteiger partial charge in [-0.1, -0.05) is 37.6 Å². The number of sulfone groups is 1.